The van der Waals surface area contributed by atoms with E-state index in [1.54, 1.807) is 17.6 Å². The Morgan fingerprint density at radius 2 is 1.77 bits per heavy atom. The van der Waals surface area contributed by atoms with Crippen molar-refractivity contribution in [2.75, 3.05) is 0 Å². The van der Waals surface area contributed by atoms with Gasteiger partial charge in [0.05, 0.1) is 5.39 Å². The van der Waals surface area contributed by atoms with Gasteiger partial charge in [0.1, 0.15) is 0 Å². The molecule has 0 saturated heterocycles. The summed E-state index contributed by atoms with van der Waals surface area (Å²) >= 11 is 1.66. The minimum Gasteiger partial charge on any atom is -0.872 e. The highest BCUT2D eigenvalue weighted by Gasteiger charge is 2.14. The van der Waals surface area contributed by atoms with Crippen LogP contribution in [-0.4, -0.2) is 0 Å². The van der Waals surface area contributed by atoms with Crippen molar-refractivity contribution in [3.63, 3.8) is 0 Å². The van der Waals surface area contributed by atoms with Crippen LogP contribution in [0.2, 0.25) is 0 Å². The maximum Gasteiger partial charge on any atom is 0.360 e. The second-order valence-corrected chi connectivity index (χ2v) is 6.21. The Morgan fingerprint density at radius 3 is 2.73 bits per heavy atom. The molecule has 0 aliphatic heterocycles. The molecular formula is C19H10O2S. The van der Waals surface area contributed by atoms with Crippen molar-refractivity contribution in [3.05, 3.63) is 59.5 Å². The third kappa shape index (κ3) is 1.46. The molecule has 0 aliphatic carbocycles. The van der Waals surface area contributed by atoms with Crippen molar-refractivity contribution in [1.82, 2.24) is 0 Å². The first kappa shape index (κ1) is 12.0. The van der Waals surface area contributed by atoms with Gasteiger partial charge in [-0.1, -0.05) is 5.75 Å². The fourth-order valence-electron chi connectivity index (χ4n) is 3.24. The molecule has 0 bridgehead atoms. The van der Waals surface area contributed by atoms with Crippen LogP contribution in [0.1, 0.15) is 0 Å². The number of hydrogen-bond acceptors (Lipinski definition) is 2. The molecule has 2 nitrogen and oxygen atoms in total. The average Bonchev–Trinajstić information content (AvgIpc) is 2.85. The van der Waals surface area contributed by atoms with Crippen LogP contribution < -0.4 is 5.11 Å². The summed E-state index contributed by atoms with van der Waals surface area (Å²) in [6.07, 6.45) is 1.64. The van der Waals surface area contributed by atoms with E-state index in [1.807, 2.05) is 35.7 Å². The number of fused-ring (bicyclic) bond motifs is 6. The molecule has 2 aromatic heterocycles. The summed E-state index contributed by atoms with van der Waals surface area (Å²) in [4.78, 5) is 0. The molecule has 104 valence electrons. The molecule has 3 heteroatoms. The van der Waals surface area contributed by atoms with Gasteiger partial charge in [-0.2, -0.15) is 11.3 Å². The van der Waals surface area contributed by atoms with E-state index in [2.05, 4.69) is 17.5 Å². The molecule has 3 aromatic carbocycles. The molecule has 0 aliphatic rings. The predicted octanol–water partition coefficient (Wildman–Crippen LogP) is 5.31. The normalized spacial score (nSPS) is 11.8. The zero-order valence-electron chi connectivity index (χ0n) is 11.5. The molecule has 0 amide bonds. The van der Waals surface area contributed by atoms with Gasteiger partial charge in [0, 0.05) is 12.1 Å². The largest absolute Gasteiger partial charge is 0.872 e. The topological polar surface area (TPSA) is 34.4 Å². The first-order valence-corrected chi connectivity index (χ1v) is 7.99. The van der Waals surface area contributed by atoms with Crippen molar-refractivity contribution in [3.8, 4) is 5.75 Å². The molecule has 0 fully saturated rings. The first-order chi connectivity index (χ1) is 10.8. The lowest BCUT2D eigenvalue weighted by Gasteiger charge is -2.05. The van der Waals surface area contributed by atoms with E-state index in [0.29, 0.717) is 0 Å². The predicted molar refractivity (Wildman–Crippen MR) is 90.5 cm³/mol. The Labute approximate surface area is 129 Å². The molecule has 0 atom stereocenters. The van der Waals surface area contributed by atoms with E-state index in [-0.39, 0.29) is 5.75 Å². The molecule has 22 heavy (non-hydrogen) atoms. The van der Waals surface area contributed by atoms with E-state index >= 15 is 0 Å². The van der Waals surface area contributed by atoms with Crippen LogP contribution in [0, 0.1) is 0 Å². The highest BCUT2D eigenvalue weighted by atomic mass is 32.1. The van der Waals surface area contributed by atoms with Crippen LogP contribution in [0.15, 0.2) is 63.9 Å². The van der Waals surface area contributed by atoms with Crippen molar-refractivity contribution in [1.29, 1.82) is 0 Å². The van der Waals surface area contributed by atoms with E-state index in [1.165, 1.54) is 5.39 Å². The Balaban J connectivity index is 2.09. The van der Waals surface area contributed by atoms with Crippen LogP contribution in [0.5, 0.6) is 5.75 Å². The van der Waals surface area contributed by atoms with E-state index in [9.17, 15) is 5.11 Å². The SMILES string of the molecule is [O-]c1c2cc3ccscc3cc2c2ccc3[o+]cccc3c12. The monoisotopic (exact) mass is 302 g/mol. The fraction of sp³-hybridized carbons (Fsp3) is 0. The number of rotatable bonds is 0. The molecule has 2 heterocycles. The molecule has 5 aromatic rings. The summed E-state index contributed by atoms with van der Waals surface area (Å²) in [6, 6.07) is 13.9. The minimum atomic E-state index is 0.0893. The van der Waals surface area contributed by atoms with Gasteiger partial charge in [0.25, 0.3) is 0 Å². The van der Waals surface area contributed by atoms with Crippen LogP contribution in [0.4, 0.5) is 0 Å². The maximum atomic E-state index is 12.9. The molecule has 0 N–H and O–H groups in total. The summed E-state index contributed by atoms with van der Waals surface area (Å²) < 4.78 is 5.51. The van der Waals surface area contributed by atoms with Crippen LogP contribution in [-0.2, 0) is 0 Å². The number of hydrogen-bond donors (Lipinski definition) is 0. The number of benzene rings is 2. The van der Waals surface area contributed by atoms with E-state index in [4.69, 9.17) is 4.42 Å². The van der Waals surface area contributed by atoms with Crippen LogP contribution in [0.25, 0.3) is 43.3 Å². The van der Waals surface area contributed by atoms with Gasteiger partial charge in [-0.15, -0.1) is 0 Å². The molecule has 0 radical (unpaired) electrons. The second kappa shape index (κ2) is 4.18. The van der Waals surface area contributed by atoms with Crippen molar-refractivity contribution >= 4 is 54.6 Å². The Bertz CT molecular complexity index is 1190. The highest BCUT2D eigenvalue weighted by molar-refractivity contribution is 7.08. The highest BCUT2D eigenvalue weighted by Crippen LogP contribution is 2.42. The Hall–Kier alpha value is -2.65. The molecular weight excluding hydrogens is 292 g/mol. The molecule has 5 rings (SSSR count). The van der Waals surface area contributed by atoms with Gasteiger partial charge >= 0.3 is 11.8 Å². The lowest BCUT2D eigenvalue weighted by molar-refractivity contribution is -0.263. The lowest BCUT2D eigenvalue weighted by Crippen LogP contribution is -1.88. The summed E-state index contributed by atoms with van der Waals surface area (Å²) in [5.41, 5.74) is 0.745. The fourth-order valence-corrected chi connectivity index (χ4v) is 3.89. The Kier molecular flexibility index (Phi) is 2.27. The Morgan fingerprint density at radius 1 is 0.864 bits per heavy atom. The second-order valence-electron chi connectivity index (χ2n) is 5.43. The minimum absolute atomic E-state index is 0.0893. The van der Waals surface area contributed by atoms with Crippen molar-refractivity contribution < 1.29 is 9.52 Å². The summed E-state index contributed by atoms with van der Waals surface area (Å²) in [5, 5.41) is 23.8. The third-order valence-corrected chi connectivity index (χ3v) is 4.93. The van der Waals surface area contributed by atoms with Gasteiger partial charge in [0.15, 0.2) is 0 Å². The van der Waals surface area contributed by atoms with Gasteiger partial charge in [-0.05, 0) is 73.4 Å². The van der Waals surface area contributed by atoms with Gasteiger partial charge in [-0.25, -0.2) is 4.42 Å². The molecule has 0 saturated carbocycles. The summed E-state index contributed by atoms with van der Waals surface area (Å²) in [7, 11) is 0. The zero-order valence-corrected chi connectivity index (χ0v) is 12.3. The summed E-state index contributed by atoms with van der Waals surface area (Å²) in [6.45, 7) is 0. The van der Waals surface area contributed by atoms with Gasteiger partial charge in [0.2, 0.25) is 0 Å². The molecule has 0 unspecified atom stereocenters. The third-order valence-electron chi connectivity index (χ3n) is 4.25. The zero-order chi connectivity index (χ0) is 14.7. The standard InChI is InChI=1S/C19H10O2S/c20-19-16-8-11-5-7-22-10-12(11)9-15(16)13-3-4-17-14(18(13)19)2-1-6-21-17/h1-10H. The van der Waals surface area contributed by atoms with E-state index < -0.39 is 0 Å². The maximum absolute atomic E-state index is 12.9. The van der Waals surface area contributed by atoms with Crippen LogP contribution in [0.3, 0.4) is 0 Å². The van der Waals surface area contributed by atoms with Crippen LogP contribution >= 0.6 is 11.3 Å². The smallest absolute Gasteiger partial charge is 0.360 e. The quantitative estimate of drug-likeness (QED) is 0.363. The average molecular weight is 302 g/mol. The van der Waals surface area contributed by atoms with Crippen molar-refractivity contribution in [2.24, 2.45) is 0 Å². The molecule has 0 spiro atoms. The van der Waals surface area contributed by atoms with E-state index in [0.717, 1.165) is 37.9 Å². The van der Waals surface area contributed by atoms with Gasteiger partial charge in [-0.3, -0.25) is 0 Å². The van der Waals surface area contributed by atoms with Gasteiger partial charge < -0.3 is 5.11 Å². The first-order valence-electron chi connectivity index (χ1n) is 7.05. The summed E-state index contributed by atoms with van der Waals surface area (Å²) in [5.74, 6) is 0.0893. The lowest BCUT2D eigenvalue weighted by atomic mass is 10.1. The van der Waals surface area contributed by atoms with Crippen molar-refractivity contribution in [2.45, 2.75) is 0 Å².